The van der Waals surface area contributed by atoms with Crippen molar-refractivity contribution in [3.63, 3.8) is 0 Å². The molecule has 0 unspecified atom stereocenters. The number of aliphatic carboxylic acids is 2. The maximum atomic E-state index is 9.55. The largest absolute Gasteiger partial charge is 0.478 e. The zero-order valence-electron chi connectivity index (χ0n) is 14.0. The number of piperidine rings is 1. The number of carboxylic acids is 2. The van der Waals surface area contributed by atoms with Crippen LogP contribution in [-0.4, -0.2) is 49.3 Å². The maximum Gasteiger partial charge on any atom is 0.328 e. The summed E-state index contributed by atoms with van der Waals surface area (Å²) in [5, 5.41) is 19.0. The SMILES string of the molecule is CN(C)c1ccc(C=C2CCNCC2)cc1.O=C(O)/C=C/C(=O)O. The molecule has 0 aromatic heterocycles. The highest BCUT2D eigenvalue weighted by molar-refractivity contribution is 5.89. The summed E-state index contributed by atoms with van der Waals surface area (Å²) in [4.78, 5) is 21.2. The first kappa shape index (κ1) is 19.4. The van der Waals surface area contributed by atoms with E-state index in [0.29, 0.717) is 12.2 Å². The average molecular weight is 332 g/mol. The molecule has 6 nitrogen and oxygen atoms in total. The van der Waals surface area contributed by atoms with Gasteiger partial charge in [0.1, 0.15) is 0 Å². The van der Waals surface area contributed by atoms with E-state index in [-0.39, 0.29) is 0 Å². The zero-order valence-corrected chi connectivity index (χ0v) is 14.0. The first-order chi connectivity index (χ1) is 11.4. The van der Waals surface area contributed by atoms with Crippen LogP contribution in [0.5, 0.6) is 0 Å². The van der Waals surface area contributed by atoms with Gasteiger partial charge < -0.3 is 20.4 Å². The lowest BCUT2D eigenvalue weighted by molar-refractivity contribution is -0.134. The Morgan fingerprint density at radius 3 is 1.92 bits per heavy atom. The Morgan fingerprint density at radius 2 is 1.50 bits per heavy atom. The van der Waals surface area contributed by atoms with Gasteiger partial charge in [-0.3, -0.25) is 0 Å². The number of rotatable bonds is 4. The third kappa shape index (κ3) is 8.14. The van der Waals surface area contributed by atoms with Gasteiger partial charge in [-0.25, -0.2) is 9.59 Å². The van der Waals surface area contributed by atoms with E-state index in [9.17, 15) is 9.59 Å². The minimum absolute atomic E-state index is 0.558. The number of carboxylic acid groups (broad SMARTS) is 2. The number of nitrogens with zero attached hydrogens (tertiary/aromatic N) is 1. The van der Waals surface area contributed by atoms with Crippen LogP contribution in [0.4, 0.5) is 5.69 Å². The van der Waals surface area contributed by atoms with Gasteiger partial charge in [-0.05, 0) is 43.6 Å². The van der Waals surface area contributed by atoms with Crippen LogP contribution in [0, 0.1) is 0 Å². The second kappa shape index (κ2) is 10.2. The molecule has 0 radical (unpaired) electrons. The Labute approximate surface area is 142 Å². The molecule has 1 aliphatic rings. The maximum absolute atomic E-state index is 9.55. The first-order valence-electron chi connectivity index (χ1n) is 7.70. The normalized spacial score (nSPS) is 13.8. The van der Waals surface area contributed by atoms with Crippen LogP contribution in [0.1, 0.15) is 18.4 Å². The predicted molar refractivity (Wildman–Crippen MR) is 95.3 cm³/mol. The van der Waals surface area contributed by atoms with Crippen LogP contribution in [0.3, 0.4) is 0 Å². The molecule has 1 aliphatic heterocycles. The molecule has 130 valence electrons. The molecule has 0 spiro atoms. The van der Waals surface area contributed by atoms with Crippen LogP contribution in [-0.2, 0) is 9.59 Å². The van der Waals surface area contributed by atoms with Crippen molar-refractivity contribution in [2.45, 2.75) is 12.8 Å². The molecule has 0 atom stereocenters. The van der Waals surface area contributed by atoms with E-state index in [0.717, 1.165) is 13.1 Å². The highest BCUT2D eigenvalue weighted by Crippen LogP contribution is 2.18. The van der Waals surface area contributed by atoms with E-state index in [1.807, 2.05) is 0 Å². The third-order valence-electron chi connectivity index (χ3n) is 3.39. The topological polar surface area (TPSA) is 89.9 Å². The molecule has 6 heteroatoms. The van der Waals surface area contributed by atoms with Crippen molar-refractivity contribution >= 4 is 23.7 Å². The lowest BCUT2D eigenvalue weighted by Gasteiger charge is -2.15. The van der Waals surface area contributed by atoms with Crippen molar-refractivity contribution in [2.75, 3.05) is 32.1 Å². The third-order valence-corrected chi connectivity index (χ3v) is 3.39. The number of nitrogens with one attached hydrogen (secondary N) is 1. The molecule has 1 fully saturated rings. The minimum atomic E-state index is -1.26. The van der Waals surface area contributed by atoms with Gasteiger partial charge in [0.25, 0.3) is 0 Å². The fourth-order valence-electron chi connectivity index (χ4n) is 2.14. The molecule has 3 N–H and O–H groups in total. The Kier molecular flexibility index (Phi) is 8.29. The minimum Gasteiger partial charge on any atom is -0.478 e. The summed E-state index contributed by atoms with van der Waals surface area (Å²) in [6, 6.07) is 8.75. The fourth-order valence-corrected chi connectivity index (χ4v) is 2.14. The smallest absolute Gasteiger partial charge is 0.328 e. The predicted octanol–water partition coefficient (Wildman–Crippen LogP) is 2.23. The quantitative estimate of drug-likeness (QED) is 0.733. The van der Waals surface area contributed by atoms with Crippen molar-refractivity contribution in [3.8, 4) is 0 Å². The number of hydrogen-bond donors (Lipinski definition) is 3. The Morgan fingerprint density at radius 1 is 1.00 bits per heavy atom. The molecule has 0 bridgehead atoms. The summed E-state index contributed by atoms with van der Waals surface area (Å²) in [5.74, 6) is -2.51. The van der Waals surface area contributed by atoms with Crippen molar-refractivity contribution in [1.82, 2.24) is 5.32 Å². The van der Waals surface area contributed by atoms with E-state index in [1.165, 1.54) is 24.1 Å². The van der Waals surface area contributed by atoms with Crippen LogP contribution in [0.15, 0.2) is 42.0 Å². The Balaban J connectivity index is 0.000000307. The molecule has 0 aliphatic carbocycles. The van der Waals surface area contributed by atoms with E-state index in [2.05, 4.69) is 54.7 Å². The van der Waals surface area contributed by atoms with E-state index in [1.54, 1.807) is 5.57 Å². The van der Waals surface area contributed by atoms with Gasteiger partial charge in [-0.2, -0.15) is 0 Å². The van der Waals surface area contributed by atoms with Gasteiger partial charge in [0.05, 0.1) is 0 Å². The molecule has 1 aromatic rings. The van der Waals surface area contributed by atoms with Crippen LogP contribution < -0.4 is 10.2 Å². The van der Waals surface area contributed by atoms with Crippen molar-refractivity contribution < 1.29 is 19.8 Å². The number of hydrogen-bond acceptors (Lipinski definition) is 4. The van der Waals surface area contributed by atoms with Gasteiger partial charge in [-0.1, -0.05) is 23.8 Å². The van der Waals surface area contributed by atoms with E-state index >= 15 is 0 Å². The van der Waals surface area contributed by atoms with Gasteiger partial charge in [0.2, 0.25) is 0 Å². The average Bonchev–Trinajstić information content (AvgIpc) is 2.55. The molecule has 1 saturated heterocycles. The van der Waals surface area contributed by atoms with Gasteiger partial charge >= 0.3 is 11.9 Å². The number of carbonyl (C=O) groups is 2. The van der Waals surface area contributed by atoms with Crippen molar-refractivity contribution in [1.29, 1.82) is 0 Å². The molecule has 1 aromatic carbocycles. The summed E-state index contributed by atoms with van der Waals surface area (Å²) in [5.41, 5.74) is 4.14. The van der Waals surface area contributed by atoms with Gasteiger partial charge in [0, 0.05) is 31.9 Å². The molecule has 2 rings (SSSR count). The van der Waals surface area contributed by atoms with Crippen molar-refractivity contribution in [3.05, 3.63) is 47.6 Å². The second-order valence-electron chi connectivity index (χ2n) is 5.55. The molecule has 24 heavy (non-hydrogen) atoms. The molecule has 0 saturated carbocycles. The Hall–Kier alpha value is -2.60. The summed E-state index contributed by atoms with van der Waals surface area (Å²) >= 11 is 0. The van der Waals surface area contributed by atoms with E-state index < -0.39 is 11.9 Å². The summed E-state index contributed by atoms with van der Waals surface area (Å²) in [7, 11) is 4.14. The van der Waals surface area contributed by atoms with Crippen molar-refractivity contribution in [2.24, 2.45) is 0 Å². The monoisotopic (exact) mass is 332 g/mol. The van der Waals surface area contributed by atoms with Crippen LogP contribution in [0.25, 0.3) is 6.08 Å². The van der Waals surface area contributed by atoms with Crippen LogP contribution in [0.2, 0.25) is 0 Å². The molecular formula is C18H24N2O4. The highest BCUT2D eigenvalue weighted by Gasteiger charge is 2.04. The number of anilines is 1. The molecular weight excluding hydrogens is 308 g/mol. The molecule has 1 heterocycles. The lowest BCUT2D eigenvalue weighted by Crippen LogP contribution is -2.22. The molecule has 0 amide bonds. The number of benzene rings is 1. The summed E-state index contributed by atoms with van der Waals surface area (Å²) in [6.07, 6.45) is 5.83. The lowest BCUT2D eigenvalue weighted by atomic mass is 10.0. The standard InChI is InChI=1S/C14H20N2.C4H4O4/c1-16(2)14-5-3-12(4-6-14)11-13-7-9-15-10-8-13;5-3(6)1-2-4(7)8/h3-6,11,15H,7-10H2,1-2H3;1-2H,(H,5,6)(H,7,8)/b;2-1+. The fraction of sp³-hybridized carbons (Fsp3) is 0.333. The first-order valence-corrected chi connectivity index (χ1v) is 7.70. The second-order valence-corrected chi connectivity index (χ2v) is 5.55. The van der Waals surface area contributed by atoms with Gasteiger partial charge in [0.15, 0.2) is 0 Å². The summed E-state index contributed by atoms with van der Waals surface area (Å²) < 4.78 is 0. The summed E-state index contributed by atoms with van der Waals surface area (Å²) in [6.45, 7) is 2.25. The Bertz CT molecular complexity index is 580. The highest BCUT2D eigenvalue weighted by atomic mass is 16.4. The van der Waals surface area contributed by atoms with Gasteiger partial charge in [-0.15, -0.1) is 0 Å². The zero-order chi connectivity index (χ0) is 17.9. The van der Waals surface area contributed by atoms with Crippen LogP contribution >= 0.6 is 0 Å². The van der Waals surface area contributed by atoms with E-state index in [4.69, 9.17) is 10.2 Å².